The van der Waals surface area contributed by atoms with Crippen molar-refractivity contribution in [3.63, 3.8) is 0 Å². The van der Waals surface area contributed by atoms with Crippen molar-refractivity contribution >= 4 is 23.5 Å². The van der Waals surface area contributed by atoms with Crippen molar-refractivity contribution in [2.45, 2.75) is 13.8 Å². The van der Waals surface area contributed by atoms with Gasteiger partial charge in [0.05, 0.1) is 7.11 Å². The predicted molar refractivity (Wildman–Crippen MR) is 104 cm³/mol. The van der Waals surface area contributed by atoms with E-state index in [2.05, 4.69) is 29.4 Å². The monoisotopic (exact) mass is 339 g/mol. The maximum Gasteiger partial charge on any atom is 0.323 e. The van der Waals surface area contributed by atoms with Crippen LogP contribution in [0, 0.1) is 0 Å². The molecule has 0 aliphatic rings. The molecule has 0 aliphatic carbocycles. The smallest absolute Gasteiger partial charge is 0.323 e. The number of carbonyl (C=O) groups is 1. The summed E-state index contributed by atoms with van der Waals surface area (Å²) in [5.41, 5.74) is 2.88. The van der Waals surface area contributed by atoms with Crippen LogP contribution >= 0.6 is 0 Å². The highest BCUT2D eigenvalue weighted by Gasteiger charge is 2.03. The number of ether oxygens (including phenoxy) is 1. The lowest BCUT2D eigenvalue weighted by Crippen LogP contribution is -2.24. The van der Waals surface area contributed by atoms with Crippen molar-refractivity contribution < 1.29 is 9.53 Å². The van der Waals surface area contributed by atoms with E-state index in [1.165, 1.54) is 0 Å². The molecule has 2 rings (SSSR count). The van der Waals surface area contributed by atoms with Gasteiger partial charge in [0.2, 0.25) is 0 Å². The van der Waals surface area contributed by atoms with Crippen LogP contribution in [-0.4, -0.2) is 26.2 Å². The van der Waals surface area contributed by atoms with Gasteiger partial charge < -0.3 is 20.3 Å². The summed E-state index contributed by atoms with van der Waals surface area (Å²) in [6.07, 6.45) is 3.43. The van der Waals surface area contributed by atoms with Crippen molar-refractivity contribution in [3.8, 4) is 5.75 Å². The van der Waals surface area contributed by atoms with Gasteiger partial charge >= 0.3 is 6.03 Å². The second-order valence-corrected chi connectivity index (χ2v) is 5.42. The van der Waals surface area contributed by atoms with Gasteiger partial charge in [0, 0.05) is 30.7 Å². The Kier molecular flexibility index (Phi) is 6.89. The molecule has 5 nitrogen and oxygen atoms in total. The van der Waals surface area contributed by atoms with Gasteiger partial charge in [-0.15, -0.1) is 0 Å². The summed E-state index contributed by atoms with van der Waals surface area (Å²) in [5, 5.41) is 5.50. The third kappa shape index (κ3) is 5.57. The van der Waals surface area contributed by atoms with E-state index in [0.717, 1.165) is 35.8 Å². The SMILES string of the molecule is CCN(CC)c1ccc(NC(=O)N/C=C/c2ccc(OC)cc2)cc1. The fourth-order valence-electron chi connectivity index (χ4n) is 2.44. The van der Waals surface area contributed by atoms with E-state index in [9.17, 15) is 4.79 Å². The summed E-state index contributed by atoms with van der Waals surface area (Å²) in [7, 11) is 1.63. The lowest BCUT2D eigenvalue weighted by molar-refractivity contribution is 0.255. The van der Waals surface area contributed by atoms with Crippen LogP contribution in [0.3, 0.4) is 0 Å². The van der Waals surface area contributed by atoms with E-state index >= 15 is 0 Å². The van der Waals surface area contributed by atoms with Crippen LogP contribution < -0.4 is 20.3 Å². The summed E-state index contributed by atoms with van der Waals surface area (Å²) < 4.78 is 5.11. The van der Waals surface area contributed by atoms with Crippen LogP contribution in [-0.2, 0) is 0 Å². The summed E-state index contributed by atoms with van der Waals surface area (Å²) >= 11 is 0. The fraction of sp³-hybridized carbons (Fsp3) is 0.250. The Morgan fingerprint density at radius 1 is 1.04 bits per heavy atom. The molecule has 2 aromatic carbocycles. The number of benzene rings is 2. The van der Waals surface area contributed by atoms with E-state index < -0.39 is 0 Å². The summed E-state index contributed by atoms with van der Waals surface area (Å²) in [5.74, 6) is 0.802. The summed E-state index contributed by atoms with van der Waals surface area (Å²) in [6, 6.07) is 15.1. The van der Waals surface area contributed by atoms with Crippen molar-refractivity contribution in [1.82, 2.24) is 5.32 Å². The molecule has 0 unspecified atom stereocenters. The van der Waals surface area contributed by atoms with Gasteiger partial charge in [-0.05, 0) is 61.9 Å². The van der Waals surface area contributed by atoms with Crippen molar-refractivity contribution in [3.05, 3.63) is 60.3 Å². The average Bonchev–Trinajstić information content (AvgIpc) is 2.64. The molecule has 2 amide bonds. The number of urea groups is 1. The molecule has 0 spiro atoms. The predicted octanol–water partition coefficient (Wildman–Crippen LogP) is 4.33. The van der Waals surface area contributed by atoms with Crippen LogP contribution in [0.5, 0.6) is 5.75 Å². The molecule has 0 aromatic heterocycles. The number of amides is 2. The molecule has 25 heavy (non-hydrogen) atoms. The second-order valence-electron chi connectivity index (χ2n) is 5.42. The third-order valence-corrected chi connectivity index (χ3v) is 3.86. The van der Waals surface area contributed by atoms with Crippen LogP contribution in [0.1, 0.15) is 19.4 Å². The largest absolute Gasteiger partial charge is 0.497 e. The lowest BCUT2D eigenvalue weighted by atomic mass is 10.2. The molecule has 5 heteroatoms. The first kappa shape index (κ1) is 18.4. The molecule has 0 radical (unpaired) electrons. The Balaban J connectivity index is 1.86. The third-order valence-electron chi connectivity index (χ3n) is 3.86. The zero-order valence-electron chi connectivity index (χ0n) is 15.0. The van der Waals surface area contributed by atoms with Crippen LogP contribution in [0.2, 0.25) is 0 Å². The van der Waals surface area contributed by atoms with E-state index in [1.807, 2.05) is 54.6 Å². The summed E-state index contributed by atoms with van der Waals surface area (Å²) in [4.78, 5) is 14.2. The molecule has 0 fully saturated rings. The first-order valence-electron chi connectivity index (χ1n) is 8.39. The molecule has 0 aliphatic heterocycles. The number of carbonyl (C=O) groups excluding carboxylic acids is 1. The minimum absolute atomic E-state index is 0.277. The topological polar surface area (TPSA) is 53.6 Å². The van der Waals surface area contributed by atoms with Crippen LogP contribution in [0.4, 0.5) is 16.2 Å². The van der Waals surface area contributed by atoms with E-state index in [4.69, 9.17) is 4.74 Å². The highest BCUT2D eigenvalue weighted by atomic mass is 16.5. The molecular formula is C20H25N3O2. The lowest BCUT2D eigenvalue weighted by Gasteiger charge is -2.21. The Bertz CT molecular complexity index is 690. The molecule has 2 aromatic rings. The second kappa shape index (κ2) is 9.37. The number of rotatable bonds is 7. The number of methoxy groups -OCH3 is 1. The molecular weight excluding hydrogens is 314 g/mol. The molecule has 132 valence electrons. The number of nitrogens with one attached hydrogen (secondary N) is 2. The first-order valence-corrected chi connectivity index (χ1v) is 8.39. The molecule has 0 atom stereocenters. The summed E-state index contributed by atoms with van der Waals surface area (Å²) in [6.45, 7) is 6.16. The fourth-order valence-corrected chi connectivity index (χ4v) is 2.44. The van der Waals surface area contributed by atoms with E-state index in [-0.39, 0.29) is 6.03 Å². The maximum absolute atomic E-state index is 11.9. The molecule has 0 saturated heterocycles. The number of hydrogen-bond donors (Lipinski definition) is 2. The zero-order valence-corrected chi connectivity index (χ0v) is 15.0. The van der Waals surface area contributed by atoms with Crippen molar-refractivity contribution in [1.29, 1.82) is 0 Å². The molecule has 0 heterocycles. The van der Waals surface area contributed by atoms with E-state index in [1.54, 1.807) is 13.3 Å². The minimum atomic E-state index is -0.277. The average molecular weight is 339 g/mol. The highest BCUT2D eigenvalue weighted by molar-refractivity contribution is 5.90. The van der Waals surface area contributed by atoms with Gasteiger partial charge in [0.15, 0.2) is 0 Å². The van der Waals surface area contributed by atoms with Gasteiger partial charge in [-0.3, -0.25) is 0 Å². The maximum atomic E-state index is 11.9. The van der Waals surface area contributed by atoms with Gasteiger partial charge in [-0.1, -0.05) is 12.1 Å². The number of anilines is 2. The van der Waals surface area contributed by atoms with Gasteiger partial charge in [0.25, 0.3) is 0 Å². The van der Waals surface area contributed by atoms with E-state index in [0.29, 0.717) is 0 Å². The van der Waals surface area contributed by atoms with Gasteiger partial charge in [0.1, 0.15) is 5.75 Å². The normalized spacial score (nSPS) is 10.5. The molecule has 0 saturated carbocycles. The Hall–Kier alpha value is -2.95. The van der Waals surface area contributed by atoms with Crippen molar-refractivity contribution in [2.24, 2.45) is 0 Å². The quantitative estimate of drug-likeness (QED) is 0.789. The van der Waals surface area contributed by atoms with Gasteiger partial charge in [-0.25, -0.2) is 4.79 Å². The molecule has 0 bridgehead atoms. The first-order chi connectivity index (χ1) is 12.2. The number of nitrogens with zero attached hydrogens (tertiary/aromatic N) is 1. The van der Waals surface area contributed by atoms with Gasteiger partial charge in [-0.2, -0.15) is 0 Å². The highest BCUT2D eigenvalue weighted by Crippen LogP contribution is 2.17. The van der Waals surface area contributed by atoms with Crippen LogP contribution in [0.15, 0.2) is 54.7 Å². The minimum Gasteiger partial charge on any atom is -0.497 e. The molecule has 2 N–H and O–H groups in total. The Labute approximate surface area is 149 Å². The standard InChI is InChI=1S/C20H25N3O2/c1-4-23(5-2)18-10-8-17(9-11-18)22-20(24)21-15-14-16-6-12-19(25-3)13-7-16/h6-15H,4-5H2,1-3H3,(H2,21,22,24)/b15-14+. The van der Waals surface area contributed by atoms with Crippen molar-refractivity contribution in [2.75, 3.05) is 30.4 Å². The zero-order chi connectivity index (χ0) is 18.1. The Morgan fingerprint density at radius 3 is 2.24 bits per heavy atom. The Morgan fingerprint density at radius 2 is 1.68 bits per heavy atom. The number of hydrogen-bond acceptors (Lipinski definition) is 3. The van der Waals surface area contributed by atoms with Crippen LogP contribution in [0.25, 0.3) is 6.08 Å².